The summed E-state index contributed by atoms with van der Waals surface area (Å²) < 4.78 is 5.48. The second-order valence-electron chi connectivity index (χ2n) is 19.6. The summed E-state index contributed by atoms with van der Waals surface area (Å²) in [6, 6.07) is -0.638. The third-order valence-electron chi connectivity index (χ3n) is 13.3. The molecule has 0 saturated carbocycles. The highest BCUT2D eigenvalue weighted by atomic mass is 16.5. The van der Waals surface area contributed by atoms with Crippen LogP contribution in [0.5, 0.6) is 0 Å². The lowest BCUT2D eigenvalue weighted by Crippen LogP contribution is -2.45. The van der Waals surface area contributed by atoms with Gasteiger partial charge in [-0.1, -0.05) is 283 Å². The van der Waals surface area contributed by atoms with Crippen LogP contribution in [0.2, 0.25) is 0 Å². The van der Waals surface area contributed by atoms with Crippen molar-refractivity contribution in [3.8, 4) is 0 Å². The number of carbonyl (C=O) groups excluding carboxylic acids is 2. The maximum Gasteiger partial charge on any atom is 0.305 e. The molecule has 0 heterocycles. The number of esters is 1. The monoisotopic (exact) mass is 890 g/mol. The van der Waals surface area contributed by atoms with Gasteiger partial charge in [-0.05, 0) is 32.1 Å². The summed E-state index contributed by atoms with van der Waals surface area (Å²) in [5.74, 6) is -0.0870. The molecule has 0 saturated heterocycles. The van der Waals surface area contributed by atoms with E-state index in [1.54, 1.807) is 6.08 Å². The van der Waals surface area contributed by atoms with E-state index in [0.29, 0.717) is 19.4 Å². The average Bonchev–Trinajstić information content (AvgIpc) is 3.28. The molecular formula is C57H111NO5. The lowest BCUT2D eigenvalue weighted by molar-refractivity contribution is -0.143. The molecule has 1 amide bonds. The first-order valence-corrected chi connectivity index (χ1v) is 28.5. The van der Waals surface area contributed by atoms with Gasteiger partial charge in [-0.15, -0.1) is 0 Å². The largest absolute Gasteiger partial charge is 0.466 e. The number of hydrogen-bond acceptors (Lipinski definition) is 5. The van der Waals surface area contributed by atoms with E-state index >= 15 is 0 Å². The Balaban J connectivity index is 3.46. The standard InChI is InChI=1S/C57H111NO5/c1-3-5-7-9-11-13-15-17-19-21-23-25-29-33-37-41-45-49-55(60)54(53-59)58-56(61)50-46-42-38-34-30-27-28-32-36-40-44-48-52-63-57(62)51-47-43-39-35-31-26-24-22-20-18-16-14-12-10-8-6-4-2/h45,49,54-55,59-60H,3-44,46-48,50-53H2,1-2H3,(H,58,61)/b49-45+. The van der Waals surface area contributed by atoms with Gasteiger partial charge in [-0.3, -0.25) is 9.59 Å². The summed E-state index contributed by atoms with van der Waals surface area (Å²) in [7, 11) is 0. The number of nitrogens with one attached hydrogen (secondary N) is 1. The molecule has 0 aliphatic heterocycles. The molecule has 374 valence electrons. The lowest BCUT2D eigenvalue weighted by Gasteiger charge is -2.20. The van der Waals surface area contributed by atoms with Gasteiger partial charge in [0, 0.05) is 12.8 Å². The van der Waals surface area contributed by atoms with Crippen LogP contribution in [0.1, 0.15) is 316 Å². The van der Waals surface area contributed by atoms with Crippen molar-refractivity contribution in [2.75, 3.05) is 13.2 Å². The molecule has 0 aliphatic carbocycles. The van der Waals surface area contributed by atoms with E-state index in [1.165, 1.54) is 231 Å². The van der Waals surface area contributed by atoms with Crippen molar-refractivity contribution in [2.24, 2.45) is 0 Å². The minimum atomic E-state index is -0.854. The van der Waals surface area contributed by atoms with Gasteiger partial charge >= 0.3 is 5.97 Å². The van der Waals surface area contributed by atoms with Gasteiger partial charge in [0.25, 0.3) is 0 Å². The summed E-state index contributed by atoms with van der Waals surface area (Å²) in [5.41, 5.74) is 0. The van der Waals surface area contributed by atoms with Crippen LogP contribution < -0.4 is 5.32 Å². The third kappa shape index (κ3) is 49.9. The number of aliphatic hydroxyl groups is 2. The molecule has 0 aromatic carbocycles. The quantitative estimate of drug-likeness (QED) is 0.0321. The predicted octanol–water partition coefficient (Wildman–Crippen LogP) is 17.3. The molecule has 0 aliphatic rings. The summed E-state index contributed by atoms with van der Waals surface area (Å²) in [6.45, 7) is 4.89. The normalized spacial score (nSPS) is 12.6. The number of rotatable bonds is 53. The highest BCUT2D eigenvalue weighted by Crippen LogP contribution is 2.17. The molecular weight excluding hydrogens is 779 g/mol. The number of amides is 1. The molecule has 0 aromatic rings. The number of allylic oxidation sites excluding steroid dienone is 1. The minimum absolute atomic E-state index is 0.00626. The Labute approximate surface area is 393 Å². The van der Waals surface area contributed by atoms with Crippen molar-refractivity contribution >= 4 is 11.9 Å². The summed E-state index contributed by atoms with van der Waals surface area (Å²) >= 11 is 0. The Kier molecular flexibility index (Phi) is 52.0. The number of hydrogen-bond donors (Lipinski definition) is 3. The van der Waals surface area contributed by atoms with Crippen molar-refractivity contribution < 1.29 is 24.5 Å². The Morgan fingerprint density at radius 2 is 0.730 bits per heavy atom. The van der Waals surface area contributed by atoms with Crippen LogP contribution in [-0.4, -0.2) is 47.4 Å². The molecule has 2 unspecified atom stereocenters. The molecule has 0 rings (SSSR count). The minimum Gasteiger partial charge on any atom is -0.466 e. The number of unbranched alkanes of at least 4 members (excludes halogenated alkanes) is 42. The van der Waals surface area contributed by atoms with E-state index in [2.05, 4.69) is 19.2 Å². The lowest BCUT2D eigenvalue weighted by atomic mass is 10.0. The van der Waals surface area contributed by atoms with E-state index in [0.717, 1.165) is 57.8 Å². The van der Waals surface area contributed by atoms with Gasteiger partial charge in [0.2, 0.25) is 5.91 Å². The zero-order valence-electron chi connectivity index (χ0n) is 42.6. The molecule has 0 bridgehead atoms. The predicted molar refractivity (Wildman–Crippen MR) is 273 cm³/mol. The fraction of sp³-hybridized carbons (Fsp3) is 0.930. The highest BCUT2D eigenvalue weighted by molar-refractivity contribution is 5.76. The van der Waals surface area contributed by atoms with Gasteiger partial charge in [-0.2, -0.15) is 0 Å². The van der Waals surface area contributed by atoms with Gasteiger partial charge in [0.15, 0.2) is 0 Å². The Morgan fingerprint density at radius 3 is 1.08 bits per heavy atom. The number of carbonyl (C=O) groups is 2. The average molecular weight is 891 g/mol. The van der Waals surface area contributed by atoms with E-state index in [-0.39, 0.29) is 18.5 Å². The summed E-state index contributed by atoms with van der Waals surface area (Å²) in [4.78, 5) is 24.5. The molecule has 0 aromatic heterocycles. The van der Waals surface area contributed by atoms with Crippen molar-refractivity contribution in [1.82, 2.24) is 5.32 Å². The van der Waals surface area contributed by atoms with Crippen LogP contribution in [0.4, 0.5) is 0 Å². The fourth-order valence-electron chi connectivity index (χ4n) is 8.93. The van der Waals surface area contributed by atoms with Crippen LogP contribution in [0, 0.1) is 0 Å². The maximum atomic E-state index is 12.5. The number of ether oxygens (including phenoxy) is 1. The maximum absolute atomic E-state index is 12.5. The van der Waals surface area contributed by atoms with Crippen LogP contribution in [0.25, 0.3) is 0 Å². The van der Waals surface area contributed by atoms with Gasteiger partial charge < -0.3 is 20.3 Å². The number of aliphatic hydroxyl groups excluding tert-OH is 2. The van der Waals surface area contributed by atoms with E-state index in [1.807, 2.05) is 6.08 Å². The topological polar surface area (TPSA) is 95.9 Å². The molecule has 0 fully saturated rings. The van der Waals surface area contributed by atoms with Crippen molar-refractivity contribution in [2.45, 2.75) is 328 Å². The van der Waals surface area contributed by atoms with Crippen molar-refractivity contribution in [1.29, 1.82) is 0 Å². The Morgan fingerprint density at radius 1 is 0.429 bits per heavy atom. The third-order valence-corrected chi connectivity index (χ3v) is 13.3. The van der Waals surface area contributed by atoms with E-state index < -0.39 is 12.1 Å². The highest BCUT2D eigenvalue weighted by Gasteiger charge is 2.18. The van der Waals surface area contributed by atoms with Crippen LogP contribution in [-0.2, 0) is 14.3 Å². The second kappa shape index (κ2) is 53.2. The van der Waals surface area contributed by atoms with Gasteiger partial charge in [0.05, 0.1) is 25.4 Å². The SMILES string of the molecule is CCCCCCCCCCCCCCCCC/C=C/C(O)C(CO)NC(=O)CCCCCCCCCCCCCCOC(=O)CCCCCCCCCCCCCCCCCCC. The second-order valence-corrected chi connectivity index (χ2v) is 19.6. The first kappa shape index (κ1) is 61.6. The Bertz CT molecular complexity index is 939. The molecule has 6 heteroatoms. The van der Waals surface area contributed by atoms with Crippen molar-refractivity contribution in [3.63, 3.8) is 0 Å². The van der Waals surface area contributed by atoms with Crippen LogP contribution in [0.15, 0.2) is 12.2 Å². The van der Waals surface area contributed by atoms with Crippen LogP contribution in [0.3, 0.4) is 0 Å². The smallest absolute Gasteiger partial charge is 0.305 e. The first-order valence-electron chi connectivity index (χ1n) is 28.5. The van der Waals surface area contributed by atoms with E-state index in [4.69, 9.17) is 4.74 Å². The summed E-state index contributed by atoms with van der Waals surface area (Å²) in [5, 5.41) is 23.1. The first-order chi connectivity index (χ1) is 31.0. The molecule has 0 radical (unpaired) electrons. The van der Waals surface area contributed by atoms with Crippen LogP contribution >= 0.6 is 0 Å². The van der Waals surface area contributed by atoms with Gasteiger partial charge in [-0.25, -0.2) is 0 Å². The van der Waals surface area contributed by atoms with Crippen molar-refractivity contribution in [3.05, 3.63) is 12.2 Å². The van der Waals surface area contributed by atoms with E-state index in [9.17, 15) is 19.8 Å². The Hall–Kier alpha value is -1.40. The molecule has 63 heavy (non-hydrogen) atoms. The summed E-state index contributed by atoms with van der Waals surface area (Å²) in [6.07, 6.45) is 62.2. The molecule has 0 spiro atoms. The van der Waals surface area contributed by atoms with Gasteiger partial charge in [0.1, 0.15) is 0 Å². The molecule has 6 nitrogen and oxygen atoms in total. The molecule has 3 N–H and O–H groups in total. The fourth-order valence-corrected chi connectivity index (χ4v) is 8.93. The molecule has 2 atom stereocenters. The zero-order valence-corrected chi connectivity index (χ0v) is 42.6. The zero-order chi connectivity index (χ0) is 45.8.